The minimum atomic E-state index is 0.0704. The molecule has 0 N–H and O–H groups in total. The van der Waals surface area contributed by atoms with Crippen LogP contribution in [0.2, 0.25) is 0 Å². The Kier molecular flexibility index (Phi) is 9.58. The molecule has 0 aliphatic rings. The van der Waals surface area contributed by atoms with E-state index in [1.807, 2.05) is 0 Å². The zero-order chi connectivity index (χ0) is 10.8. The van der Waals surface area contributed by atoms with Crippen LogP contribution in [0.1, 0.15) is 65.2 Å². The van der Waals surface area contributed by atoms with Gasteiger partial charge >= 0.3 is 0 Å². The molecule has 0 aromatic carbocycles. The molecule has 0 aromatic rings. The van der Waals surface area contributed by atoms with Crippen LogP contribution in [0.3, 0.4) is 0 Å². The molecule has 0 aliphatic heterocycles. The van der Waals surface area contributed by atoms with Crippen LogP contribution in [0, 0.1) is 5.92 Å². The summed E-state index contributed by atoms with van der Waals surface area (Å²) in [5, 5.41) is 0.0704. The minimum Gasteiger partial charge on any atom is -0.287 e. The monoisotopic (exact) mass is 216 g/mol. The van der Waals surface area contributed by atoms with Crippen molar-refractivity contribution in [1.82, 2.24) is 0 Å². The second-order valence-electron chi connectivity index (χ2n) is 4.00. The predicted octanol–water partition coefficient (Wildman–Crippen LogP) is 4.22. The van der Waals surface area contributed by atoms with Gasteiger partial charge in [0.1, 0.15) is 0 Å². The lowest BCUT2D eigenvalue weighted by atomic mass is 9.99. The number of hydrogen-bond donors (Lipinski definition) is 1. The van der Waals surface area contributed by atoms with Crippen LogP contribution in [0.4, 0.5) is 0 Å². The molecule has 0 fully saturated rings. The molecule has 0 bridgehead atoms. The summed E-state index contributed by atoms with van der Waals surface area (Å²) in [5.74, 6) is 0.199. The molecule has 14 heavy (non-hydrogen) atoms. The predicted molar refractivity (Wildman–Crippen MR) is 65.8 cm³/mol. The lowest BCUT2D eigenvalue weighted by Crippen LogP contribution is -2.07. The number of carbonyl (C=O) groups is 1. The third-order valence-electron chi connectivity index (χ3n) is 2.75. The summed E-state index contributed by atoms with van der Waals surface area (Å²) >= 11 is 3.89. The third-order valence-corrected chi connectivity index (χ3v) is 3.11. The van der Waals surface area contributed by atoms with Crippen LogP contribution in [-0.2, 0) is 4.79 Å². The Labute approximate surface area is 94.1 Å². The van der Waals surface area contributed by atoms with Gasteiger partial charge < -0.3 is 0 Å². The van der Waals surface area contributed by atoms with Gasteiger partial charge in [-0.3, -0.25) is 4.79 Å². The first-order valence-electron chi connectivity index (χ1n) is 5.95. The molecule has 1 atom stereocenters. The van der Waals surface area contributed by atoms with Crippen LogP contribution in [0.15, 0.2) is 0 Å². The van der Waals surface area contributed by atoms with Crippen LogP contribution in [-0.4, -0.2) is 5.12 Å². The summed E-state index contributed by atoms with van der Waals surface area (Å²) in [5.41, 5.74) is 0. The fourth-order valence-electron chi connectivity index (χ4n) is 1.67. The maximum absolute atomic E-state index is 11.0. The van der Waals surface area contributed by atoms with Crippen LogP contribution < -0.4 is 0 Å². The van der Waals surface area contributed by atoms with Gasteiger partial charge in [-0.05, 0) is 12.8 Å². The zero-order valence-corrected chi connectivity index (χ0v) is 10.5. The highest BCUT2D eigenvalue weighted by Gasteiger charge is 2.11. The Bertz CT molecular complexity index is 145. The maximum Gasteiger partial charge on any atom is 0.188 e. The number of hydrogen-bond acceptors (Lipinski definition) is 1. The Morgan fingerprint density at radius 2 is 1.64 bits per heavy atom. The van der Waals surface area contributed by atoms with E-state index in [1.54, 1.807) is 0 Å². The maximum atomic E-state index is 11.0. The van der Waals surface area contributed by atoms with E-state index in [2.05, 4.69) is 26.5 Å². The Hall–Kier alpha value is 0.0200. The molecule has 84 valence electrons. The molecule has 0 amide bonds. The lowest BCUT2D eigenvalue weighted by Gasteiger charge is -2.09. The first-order chi connectivity index (χ1) is 6.72. The Balaban J connectivity index is 3.29. The van der Waals surface area contributed by atoms with Crippen molar-refractivity contribution in [1.29, 1.82) is 0 Å². The van der Waals surface area contributed by atoms with Crippen molar-refractivity contribution in [2.24, 2.45) is 5.92 Å². The van der Waals surface area contributed by atoms with Gasteiger partial charge in [0, 0.05) is 5.92 Å². The topological polar surface area (TPSA) is 17.1 Å². The minimum absolute atomic E-state index is 0.0704. The first-order valence-corrected chi connectivity index (χ1v) is 6.39. The van der Waals surface area contributed by atoms with Crippen LogP contribution in [0.25, 0.3) is 0 Å². The fourth-order valence-corrected chi connectivity index (χ4v) is 1.98. The molecule has 0 rings (SSSR count). The van der Waals surface area contributed by atoms with E-state index in [1.165, 1.54) is 38.5 Å². The van der Waals surface area contributed by atoms with Crippen molar-refractivity contribution in [3.63, 3.8) is 0 Å². The first kappa shape index (κ1) is 14.0. The van der Waals surface area contributed by atoms with Crippen molar-refractivity contribution in [3.8, 4) is 0 Å². The number of rotatable bonds is 9. The molecular weight excluding hydrogens is 192 g/mol. The Morgan fingerprint density at radius 1 is 1.07 bits per heavy atom. The second kappa shape index (κ2) is 9.57. The summed E-state index contributed by atoms with van der Waals surface area (Å²) in [6.07, 6.45) is 9.76. The SMILES string of the molecule is CCCCCCCCC(CC)C(=O)S. The highest BCUT2D eigenvalue weighted by molar-refractivity contribution is 7.96. The van der Waals surface area contributed by atoms with Gasteiger partial charge in [0.05, 0.1) is 0 Å². The second-order valence-corrected chi connectivity index (χ2v) is 4.44. The fraction of sp³-hybridized carbons (Fsp3) is 0.917. The molecule has 1 unspecified atom stereocenters. The molecule has 0 radical (unpaired) electrons. The number of thiol groups is 1. The van der Waals surface area contributed by atoms with E-state index >= 15 is 0 Å². The molecule has 1 nitrogen and oxygen atoms in total. The summed E-state index contributed by atoms with van der Waals surface area (Å²) in [7, 11) is 0. The van der Waals surface area contributed by atoms with Crippen molar-refractivity contribution < 1.29 is 4.79 Å². The van der Waals surface area contributed by atoms with Gasteiger partial charge in [0.2, 0.25) is 0 Å². The van der Waals surface area contributed by atoms with Gasteiger partial charge in [-0.15, -0.1) is 12.6 Å². The molecular formula is C12H24OS. The van der Waals surface area contributed by atoms with Gasteiger partial charge in [0.25, 0.3) is 0 Å². The smallest absolute Gasteiger partial charge is 0.188 e. The van der Waals surface area contributed by atoms with Gasteiger partial charge in [0.15, 0.2) is 5.12 Å². The normalized spacial score (nSPS) is 12.8. The van der Waals surface area contributed by atoms with E-state index in [0.717, 1.165) is 12.8 Å². The average Bonchev–Trinajstić information content (AvgIpc) is 2.16. The molecule has 0 spiro atoms. The van der Waals surface area contributed by atoms with E-state index in [0.29, 0.717) is 0 Å². The van der Waals surface area contributed by atoms with Crippen molar-refractivity contribution in [2.75, 3.05) is 0 Å². The quantitative estimate of drug-likeness (QED) is 0.451. The molecule has 2 heteroatoms. The molecule has 0 aliphatic carbocycles. The number of unbranched alkanes of at least 4 members (excludes halogenated alkanes) is 5. The summed E-state index contributed by atoms with van der Waals surface area (Å²) in [4.78, 5) is 11.0. The van der Waals surface area contributed by atoms with E-state index in [-0.39, 0.29) is 11.0 Å². The standard InChI is InChI=1S/C12H24OS/c1-3-5-6-7-8-9-10-11(4-2)12(13)14/h11H,3-10H2,1-2H3,(H,13,14). The van der Waals surface area contributed by atoms with E-state index in [9.17, 15) is 4.79 Å². The molecule has 0 saturated carbocycles. The summed E-state index contributed by atoms with van der Waals surface area (Å²) in [6, 6.07) is 0. The number of carbonyl (C=O) groups excluding carboxylic acids is 1. The average molecular weight is 216 g/mol. The van der Waals surface area contributed by atoms with Crippen molar-refractivity contribution in [3.05, 3.63) is 0 Å². The van der Waals surface area contributed by atoms with Crippen LogP contribution >= 0.6 is 12.6 Å². The van der Waals surface area contributed by atoms with Crippen molar-refractivity contribution >= 4 is 17.7 Å². The summed E-state index contributed by atoms with van der Waals surface area (Å²) < 4.78 is 0. The van der Waals surface area contributed by atoms with Crippen molar-refractivity contribution in [2.45, 2.75) is 65.2 Å². The lowest BCUT2D eigenvalue weighted by molar-refractivity contribution is -0.114. The molecule has 0 aromatic heterocycles. The van der Waals surface area contributed by atoms with E-state index < -0.39 is 0 Å². The van der Waals surface area contributed by atoms with E-state index in [4.69, 9.17) is 0 Å². The zero-order valence-electron chi connectivity index (χ0n) is 9.59. The highest BCUT2D eigenvalue weighted by Crippen LogP contribution is 2.17. The molecule has 0 heterocycles. The summed E-state index contributed by atoms with van der Waals surface area (Å²) in [6.45, 7) is 4.29. The van der Waals surface area contributed by atoms with Gasteiger partial charge in [-0.1, -0.05) is 52.4 Å². The molecule has 0 saturated heterocycles. The van der Waals surface area contributed by atoms with Gasteiger partial charge in [-0.2, -0.15) is 0 Å². The van der Waals surface area contributed by atoms with Gasteiger partial charge in [-0.25, -0.2) is 0 Å². The largest absolute Gasteiger partial charge is 0.287 e. The highest BCUT2D eigenvalue weighted by atomic mass is 32.1. The Morgan fingerprint density at radius 3 is 2.14 bits per heavy atom. The third kappa shape index (κ3) is 7.43. The van der Waals surface area contributed by atoms with Crippen LogP contribution in [0.5, 0.6) is 0 Å².